The number of methoxy groups -OCH3 is 1. The van der Waals surface area contributed by atoms with E-state index in [2.05, 4.69) is 27.5 Å². The van der Waals surface area contributed by atoms with E-state index in [0.717, 1.165) is 29.9 Å². The number of allylic oxidation sites excluding steroid dienone is 2. The maximum Gasteiger partial charge on any atom is 0.272 e. The van der Waals surface area contributed by atoms with Crippen molar-refractivity contribution in [1.82, 2.24) is 10.2 Å². The Labute approximate surface area is 136 Å². The van der Waals surface area contributed by atoms with Gasteiger partial charge in [-0.25, -0.2) is 0 Å². The molecule has 1 amide bonds. The summed E-state index contributed by atoms with van der Waals surface area (Å²) in [6.45, 7) is 0. The molecule has 1 unspecified atom stereocenters. The van der Waals surface area contributed by atoms with E-state index < -0.39 is 0 Å². The van der Waals surface area contributed by atoms with Gasteiger partial charge in [-0.15, -0.1) is 5.10 Å². The van der Waals surface area contributed by atoms with Crippen LogP contribution in [0.3, 0.4) is 0 Å². The standard InChI is InChI=1S/C17H22N4O2/c1-21-11-3-4-12(21)8-10(7-11)18-17(22)16-14-9-13(23-2)5-6-15(14)19-20-16/h5,9-12H,3-4,6-8H2,1-2H3,(H,18,22)/t10?,11-,12+. The summed E-state index contributed by atoms with van der Waals surface area (Å²) in [7, 11) is 3.83. The molecule has 2 fully saturated rings. The Bertz CT molecular complexity index is 648. The van der Waals surface area contributed by atoms with Crippen LogP contribution < -0.4 is 5.32 Å². The average molecular weight is 314 g/mol. The van der Waals surface area contributed by atoms with Gasteiger partial charge in [0.25, 0.3) is 5.91 Å². The van der Waals surface area contributed by atoms with Crippen molar-refractivity contribution < 1.29 is 9.53 Å². The van der Waals surface area contributed by atoms with Crippen molar-refractivity contribution in [3.63, 3.8) is 0 Å². The van der Waals surface area contributed by atoms with Crippen LogP contribution in [0.25, 0.3) is 0 Å². The van der Waals surface area contributed by atoms with Gasteiger partial charge in [-0.05, 0) is 44.9 Å². The molecule has 0 aromatic rings. The van der Waals surface area contributed by atoms with Gasteiger partial charge in [0.05, 0.1) is 12.8 Å². The first-order chi connectivity index (χ1) is 11.2. The third-order valence-corrected chi connectivity index (χ3v) is 5.50. The summed E-state index contributed by atoms with van der Waals surface area (Å²) in [5.74, 6) is 0.653. The molecule has 0 aromatic heterocycles. The third-order valence-electron chi connectivity index (χ3n) is 5.50. The number of amides is 1. The largest absolute Gasteiger partial charge is 0.497 e. The lowest BCUT2D eigenvalue weighted by Crippen LogP contribution is -2.50. The molecule has 0 aromatic carbocycles. The second kappa shape index (κ2) is 5.60. The summed E-state index contributed by atoms with van der Waals surface area (Å²) in [4.78, 5) is 15.1. The molecule has 0 saturated carbocycles. The molecule has 2 saturated heterocycles. The maximum absolute atomic E-state index is 12.6. The molecule has 3 atom stereocenters. The molecule has 3 heterocycles. The first kappa shape index (κ1) is 14.6. The fraction of sp³-hybridized carbons (Fsp3) is 0.588. The number of carbonyl (C=O) groups excluding carboxylic acids is 1. The Kier molecular flexibility index (Phi) is 3.56. The predicted molar refractivity (Wildman–Crippen MR) is 88.4 cm³/mol. The van der Waals surface area contributed by atoms with Crippen molar-refractivity contribution in [1.29, 1.82) is 0 Å². The zero-order chi connectivity index (χ0) is 16.0. The highest BCUT2D eigenvalue weighted by Crippen LogP contribution is 2.34. The number of hydrogen-bond acceptors (Lipinski definition) is 5. The van der Waals surface area contributed by atoms with E-state index in [9.17, 15) is 4.79 Å². The molecule has 6 nitrogen and oxygen atoms in total. The van der Waals surface area contributed by atoms with Crippen molar-refractivity contribution in [3.05, 3.63) is 23.5 Å². The van der Waals surface area contributed by atoms with Gasteiger partial charge in [0, 0.05) is 30.1 Å². The predicted octanol–water partition coefficient (Wildman–Crippen LogP) is 1.40. The Morgan fingerprint density at radius 2 is 2.04 bits per heavy atom. The summed E-state index contributed by atoms with van der Waals surface area (Å²) in [6.07, 6.45) is 9.01. The molecule has 3 aliphatic heterocycles. The van der Waals surface area contributed by atoms with Crippen molar-refractivity contribution in [3.8, 4) is 0 Å². The van der Waals surface area contributed by atoms with E-state index >= 15 is 0 Å². The lowest BCUT2D eigenvalue weighted by atomic mass is 9.95. The number of carbonyl (C=O) groups is 1. The van der Waals surface area contributed by atoms with Gasteiger partial charge >= 0.3 is 0 Å². The minimum absolute atomic E-state index is 0.110. The monoisotopic (exact) mass is 314 g/mol. The minimum atomic E-state index is -0.110. The average Bonchev–Trinajstić information content (AvgIpc) is 3.04. The lowest BCUT2D eigenvalue weighted by molar-refractivity contribution is -0.115. The number of nitrogens with one attached hydrogen (secondary N) is 1. The Hall–Kier alpha value is -1.95. The van der Waals surface area contributed by atoms with Crippen molar-refractivity contribution in [2.75, 3.05) is 14.2 Å². The Balaban J connectivity index is 1.44. The van der Waals surface area contributed by atoms with E-state index in [1.807, 2.05) is 12.2 Å². The van der Waals surface area contributed by atoms with Crippen LogP contribution in [0, 0.1) is 0 Å². The summed E-state index contributed by atoms with van der Waals surface area (Å²) in [6, 6.07) is 1.45. The molecule has 4 aliphatic rings. The molecule has 1 aliphatic carbocycles. The normalized spacial score (nSPS) is 32.5. The topological polar surface area (TPSA) is 66.3 Å². The van der Waals surface area contributed by atoms with Gasteiger partial charge in [-0.1, -0.05) is 0 Å². The van der Waals surface area contributed by atoms with Crippen LogP contribution in [0.4, 0.5) is 0 Å². The van der Waals surface area contributed by atoms with Gasteiger partial charge < -0.3 is 15.0 Å². The van der Waals surface area contributed by atoms with E-state index in [-0.39, 0.29) is 11.9 Å². The second-order valence-corrected chi connectivity index (χ2v) is 6.76. The highest BCUT2D eigenvalue weighted by atomic mass is 16.5. The second-order valence-electron chi connectivity index (χ2n) is 6.76. The molecule has 6 heteroatoms. The van der Waals surface area contributed by atoms with E-state index in [1.165, 1.54) is 12.8 Å². The smallest absolute Gasteiger partial charge is 0.272 e. The summed E-state index contributed by atoms with van der Waals surface area (Å²) >= 11 is 0. The van der Waals surface area contributed by atoms with Crippen LogP contribution in [0.2, 0.25) is 0 Å². The number of nitrogens with zero attached hydrogens (tertiary/aromatic N) is 3. The molecule has 0 radical (unpaired) electrons. The highest BCUT2D eigenvalue weighted by molar-refractivity contribution is 6.53. The van der Waals surface area contributed by atoms with Crippen molar-refractivity contribution in [2.24, 2.45) is 10.2 Å². The zero-order valence-corrected chi connectivity index (χ0v) is 13.6. The summed E-state index contributed by atoms with van der Waals surface area (Å²) < 4.78 is 5.26. The summed E-state index contributed by atoms with van der Waals surface area (Å²) in [5, 5.41) is 11.4. The molecule has 122 valence electrons. The molecule has 1 N–H and O–H groups in total. The minimum Gasteiger partial charge on any atom is -0.497 e. The number of rotatable bonds is 3. The van der Waals surface area contributed by atoms with E-state index in [0.29, 0.717) is 24.2 Å². The first-order valence-corrected chi connectivity index (χ1v) is 8.29. The van der Waals surface area contributed by atoms with Crippen LogP contribution in [0.5, 0.6) is 0 Å². The zero-order valence-electron chi connectivity index (χ0n) is 13.6. The SMILES string of the molecule is COC1=CCC2=NN=C(C(=O)NC3C[C@H]4CC[C@@H](C3)N4C)C2=C1. The summed E-state index contributed by atoms with van der Waals surface area (Å²) in [5.41, 5.74) is 2.08. The molecule has 23 heavy (non-hydrogen) atoms. The van der Waals surface area contributed by atoms with Crippen LogP contribution >= 0.6 is 0 Å². The van der Waals surface area contributed by atoms with Crippen LogP contribution in [-0.4, -0.2) is 54.5 Å². The van der Waals surface area contributed by atoms with Crippen LogP contribution in [0.15, 0.2) is 33.7 Å². The van der Waals surface area contributed by atoms with Crippen molar-refractivity contribution in [2.45, 2.75) is 50.2 Å². The van der Waals surface area contributed by atoms with Gasteiger partial charge in [0.15, 0.2) is 5.71 Å². The fourth-order valence-corrected chi connectivity index (χ4v) is 4.15. The molecular weight excluding hydrogens is 292 g/mol. The lowest BCUT2D eigenvalue weighted by Gasteiger charge is -2.36. The van der Waals surface area contributed by atoms with Crippen molar-refractivity contribution >= 4 is 17.3 Å². The van der Waals surface area contributed by atoms with Gasteiger partial charge in [0.2, 0.25) is 0 Å². The maximum atomic E-state index is 12.6. The molecular formula is C17H22N4O2. The molecule has 0 spiro atoms. The highest BCUT2D eigenvalue weighted by Gasteiger charge is 2.39. The number of fused-ring (bicyclic) bond motifs is 3. The van der Waals surface area contributed by atoms with Gasteiger partial charge in [-0.2, -0.15) is 5.10 Å². The third kappa shape index (κ3) is 2.51. The van der Waals surface area contributed by atoms with E-state index in [4.69, 9.17) is 4.74 Å². The quantitative estimate of drug-likeness (QED) is 0.856. The van der Waals surface area contributed by atoms with Gasteiger partial charge in [-0.3, -0.25) is 4.79 Å². The number of piperidine rings is 1. The Morgan fingerprint density at radius 1 is 1.30 bits per heavy atom. The van der Waals surface area contributed by atoms with Crippen LogP contribution in [0.1, 0.15) is 32.1 Å². The first-order valence-electron chi connectivity index (χ1n) is 8.29. The van der Waals surface area contributed by atoms with Gasteiger partial charge in [0.1, 0.15) is 5.76 Å². The molecule has 2 bridgehead atoms. The van der Waals surface area contributed by atoms with Crippen LogP contribution in [-0.2, 0) is 9.53 Å². The number of hydrogen-bond donors (Lipinski definition) is 1. The molecule has 4 rings (SSSR count). The number of ether oxygens (including phenoxy) is 1. The van der Waals surface area contributed by atoms with E-state index in [1.54, 1.807) is 7.11 Å². The Morgan fingerprint density at radius 3 is 2.74 bits per heavy atom. The fourth-order valence-electron chi connectivity index (χ4n) is 4.15.